The van der Waals surface area contributed by atoms with Gasteiger partial charge >= 0.3 is 0 Å². The van der Waals surface area contributed by atoms with Crippen LogP contribution in [0, 0.1) is 0 Å². The second kappa shape index (κ2) is 3.50. The van der Waals surface area contributed by atoms with Gasteiger partial charge in [0.25, 0.3) is 0 Å². The lowest BCUT2D eigenvalue weighted by Crippen LogP contribution is -2.35. The largest absolute Gasteiger partial charge is 0.487 e. The summed E-state index contributed by atoms with van der Waals surface area (Å²) in [5.74, 6) is 0.962. The number of hydrogen-bond donors (Lipinski definition) is 1. The standard InChI is InChI=1S/C11H16N2O/c1-8-7-13(2)10-5-9(6-12)3-4-11(10)14-8/h3-5,8H,6-7,12H2,1-2H3. The highest BCUT2D eigenvalue weighted by Crippen LogP contribution is 2.33. The van der Waals surface area contributed by atoms with E-state index in [0.717, 1.165) is 23.5 Å². The van der Waals surface area contributed by atoms with Crippen molar-refractivity contribution in [3.8, 4) is 5.75 Å². The molecule has 14 heavy (non-hydrogen) atoms. The zero-order chi connectivity index (χ0) is 10.1. The highest BCUT2D eigenvalue weighted by atomic mass is 16.5. The molecule has 0 aliphatic carbocycles. The van der Waals surface area contributed by atoms with E-state index < -0.39 is 0 Å². The van der Waals surface area contributed by atoms with Gasteiger partial charge in [0, 0.05) is 13.6 Å². The van der Waals surface area contributed by atoms with Crippen LogP contribution in [0.4, 0.5) is 5.69 Å². The monoisotopic (exact) mass is 192 g/mol. The van der Waals surface area contributed by atoms with E-state index in [1.54, 1.807) is 0 Å². The van der Waals surface area contributed by atoms with Crippen LogP contribution < -0.4 is 15.4 Å². The van der Waals surface area contributed by atoms with Gasteiger partial charge in [0.05, 0.1) is 12.2 Å². The van der Waals surface area contributed by atoms with Crippen molar-refractivity contribution in [2.24, 2.45) is 5.73 Å². The maximum atomic E-state index is 5.72. The first-order valence-corrected chi connectivity index (χ1v) is 4.91. The molecule has 3 heteroatoms. The van der Waals surface area contributed by atoms with Crippen molar-refractivity contribution < 1.29 is 4.74 Å². The molecule has 2 rings (SSSR count). The van der Waals surface area contributed by atoms with Gasteiger partial charge in [-0.1, -0.05) is 6.07 Å². The summed E-state index contributed by atoms with van der Waals surface area (Å²) in [6.07, 6.45) is 0.260. The van der Waals surface area contributed by atoms with E-state index in [2.05, 4.69) is 24.9 Å². The lowest BCUT2D eigenvalue weighted by Gasteiger charge is -2.32. The summed E-state index contributed by atoms with van der Waals surface area (Å²) < 4.78 is 5.72. The molecule has 1 heterocycles. The predicted molar refractivity (Wildman–Crippen MR) is 57.7 cm³/mol. The number of hydrogen-bond acceptors (Lipinski definition) is 3. The second-order valence-electron chi connectivity index (χ2n) is 3.82. The number of rotatable bonds is 1. The summed E-state index contributed by atoms with van der Waals surface area (Å²) in [4.78, 5) is 2.21. The fourth-order valence-corrected chi connectivity index (χ4v) is 1.83. The first-order valence-electron chi connectivity index (χ1n) is 4.91. The molecule has 0 bridgehead atoms. The Morgan fingerprint density at radius 3 is 3.07 bits per heavy atom. The van der Waals surface area contributed by atoms with Crippen LogP contribution >= 0.6 is 0 Å². The zero-order valence-corrected chi connectivity index (χ0v) is 8.66. The highest BCUT2D eigenvalue weighted by molar-refractivity contribution is 5.61. The molecule has 0 aromatic heterocycles. The topological polar surface area (TPSA) is 38.5 Å². The molecule has 0 saturated heterocycles. The number of ether oxygens (including phenoxy) is 1. The molecule has 0 saturated carbocycles. The Morgan fingerprint density at radius 2 is 2.36 bits per heavy atom. The van der Waals surface area contributed by atoms with E-state index in [4.69, 9.17) is 10.5 Å². The van der Waals surface area contributed by atoms with Crippen LogP contribution in [0.5, 0.6) is 5.75 Å². The third-order valence-electron chi connectivity index (χ3n) is 2.53. The molecule has 1 atom stereocenters. The van der Waals surface area contributed by atoms with E-state index in [9.17, 15) is 0 Å². The molecule has 0 amide bonds. The molecule has 1 aromatic rings. The van der Waals surface area contributed by atoms with Crippen LogP contribution in [-0.4, -0.2) is 19.7 Å². The van der Waals surface area contributed by atoms with Crippen LogP contribution in [0.25, 0.3) is 0 Å². The summed E-state index contributed by atoms with van der Waals surface area (Å²) in [7, 11) is 2.08. The molecule has 76 valence electrons. The lowest BCUT2D eigenvalue weighted by molar-refractivity contribution is 0.215. The molecule has 0 spiro atoms. The fraction of sp³-hybridized carbons (Fsp3) is 0.455. The van der Waals surface area contributed by atoms with E-state index in [1.807, 2.05) is 12.1 Å². The van der Waals surface area contributed by atoms with Crippen molar-refractivity contribution in [3.05, 3.63) is 23.8 Å². The molecule has 1 aliphatic rings. The second-order valence-corrected chi connectivity index (χ2v) is 3.82. The van der Waals surface area contributed by atoms with Crippen molar-refractivity contribution in [2.45, 2.75) is 19.6 Å². The predicted octanol–water partition coefficient (Wildman–Crippen LogP) is 1.36. The Morgan fingerprint density at radius 1 is 1.57 bits per heavy atom. The molecule has 1 aromatic carbocycles. The summed E-state index contributed by atoms with van der Waals surface area (Å²) in [6, 6.07) is 6.12. The normalized spacial score (nSPS) is 20.2. The van der Waals surface area contributed by atoms with Gasteiger partial charge in [0.1, 0.15) is 11.9 Å². The van der Waals surface area contributed by atoms with Crippen LogP contribution in [0.3, 0.4) is 0 Å². The van der Waals surface area contributed by atoms with Crippen LogP contribution in [0.15, 0.2) is 18.2 Å². The van der Waals surface area contributed by atoms with Crippen molar-refractivity contribution >= 4 is 5.69 Å². The lowest BCUT2D eigenvalue weighted by atomic mass is 10.1. The number of fused-ring (bicyclic) bond motifs is 1. The smallest absolute Gasteiger partial charge is 0.143 e. The van der Waals surface area contributed by atoms with Crippen molar-refractivity contribution in [1.29, 1.82) is 0 Å². The fourth-order valence-electron chi connectivity index (χ4n) is 1.83. The Bertz CT molecular complexity index is 338. The molecule has 3 nitrogen and oxygen atoms in total. The minimum Gasteiger partial charge on any atom is -0.487 e. The van der Waals surface area contributed by atoms with Gasteiger partial charge in [-0.15, -0.1) is 0 Å². The van der Waals surface area contributed by atoms with Crippen molar-refractivity contribution in [2.75, 3.05) is 18.5 Å². The van der Waals surface area contributed by atoms with Gasteiger partial charge in [-0.05, 0) is 24.6 Å². The maximum Gasteiger partial charge on any atom is 0.143 e. The average Bonchev–Trinajstić information content (AvgIpc) is 2.17. The first kappa shape index (κ1) is 9.34. The van der Waals surface area contributed by atoms with E-state index >= 15 is 0 Å². The van der Waals surface area contributed by atoms with E-state index in [0.29, 0.717) is 6.54 Å². The van der Waals surface area contributed by atoms with Gasteiger partial charge in [0.2, 0.25) is 0 Å². The first-order chi connectivity index (χ1) is 6.70. The van der Waals surface area contributed by atoms with Gasteiger partial charge in [-0.3, -0.25) is 0 Å². The van der Waals surface area contributed by atoms with Crippen molar-refractivity contribution in [3.63, 3.8) is 0 Å². The third kappa shape index (κ3) is 1.55. The quantitative estimate of drug-likeness (QED) is 0.730. The number of anilines is 1. The van der Waals surface area contributed by atoms with Crippen LogP contribution in [-0.2, 0) is 6.54 Å². The summed E-state index contributed by atoms with van der Waals surface area (Å²) in [5, 5.41) is 0. The summed E-state index contributed by atoms with van der Waals surface area (Å²) >= 11 is 0. The van der Waals surface area contributed by atoms with Gasteiger partial charge in [-0.25, -0.2) is 0 Å². The van der Waals surface area contributed by atoms with Gasteiger partial charge in [-0.2, -0.15) is 0 Å². The average molecular weight is 192 g/mol. The Labute approximate surface area is 84.5 Å². The summed E-state index contributed by atoms with van der Waals surface area (Å²) in [5.41, 5.74) is 7.89. The molecule has 1 unspecified atom stereocenters. The maximum absolute atomic E-state index is 5.72. The van der Waals surface area contributed by atoms with Crippen LogP contribution in [0.1, 0.15) is 12.5 Å². The molecule has 0 fully saturated rings. The molecule has 1 aliphatic heterocycles. The Balaban J connectivity index is 2.39. The SMILES string of the molecule is CC1CN(C)c2cc(CN)ccc2O1. The Kier molecular flexibility index (Phi) is 2.33. The zero-order valence-electron chi connectivity index (χ0n) is 8.66. The van der Waals surface area contributed by atoms with Gasteiger partial charge in [0.15, 0.2) is 0 Å². The number of benzene rings is 1. The summed E-state index contributed by atoms with van der Waals surface area (Å²) in [6.45, 7) is 3.59. The number of nitrogens with zero attached hydrogens (tertiary/aromatic N) is 1. The minimum absolute atomic E-state index is 0.260. The highest BCUT2D eigenvalue weighted by Gasteiger charge is 2.19. The van der Waals surface area contributed by atoms with E-state index in [1.165, 1.54) is 0 Å². The molecule has 2 N–H and O–H groups in total. The Hall–Kier alpha value is -1.22. The van der Waals surface area contributed by atoms with Crippen LogP contribution in [0.2, 0.25) is 0 Å². The number of likely N-dealkylation sites (N-methyl/N-ethyl adjacent to an activating group) is 1. The minimum atomic E-state index is 0.260. The van der Waals surface area contributed by atoms with Crippen molar-refractivity contribution in [1.82, 2.24) is 0 Å². The number of nitrogens with two attached hydrogens (primary N) is 1. The molecular formula is C11H16N2O. The van der Waals surface area contributed by atoms with E-state index in [-0.39, 0.29) is 6.10 Å². The molecular weight excluding hydrogens is 176 g/mol. The molecule has 0 radical (unpaired) electrons. The van der Waals surface area contributed by atoms with Gasteiger partial charge < -0.3 is 15.4 Å². The third-order valence-corrected chi connectivity index (χ3v) is 2.53.